The number of nitrogens with zero attached hydrogens (tertiary/aromatic N) is 1. The number of pyridine rings is 1. The van der Waals surface area contributed by atoms with Crippen molar-refractivity contribution < 1.29 is 4.79 Å². The topological polar surface area (TPSA) is 39.1 Å². The van der Waals surface area contributed by atoms with Gasteiger partial charge in [0, 0.05) is 12.2 Å². The van der Waals surface area contributed by atoms with E-state index >= 15 is 0 Å². The molecular weight excluding hydrogens is 190 g/mol. The number of carbonyl (C=O) groups is 1. The Morgan fingerprint density at radius 1 is 1.54 bits per heavy atom. The minimum absolute atomic E-state index is 0.0658. The molecule has 68 valence electrons. The molecule has 0 aliphatic heterocycles. The third-order valence-electron chi connectivity index (χ3n) is 2.13. The van der Waals surface area contributed by atoms with E-state index in [1.807, 2.05) is 0 Å². The van der Waals surface area contributed by atoms with E-state index < -0.39 is 5.24 Å². The summed E-state index contributed by atoms with van der Waals surface area (Å²) < 4.78 is 1.58. The second-order valence-electron chi connectivity index (χ2n) is 3.14. The van der Waals surface area contributed by atoms with E-state index in [4.69, 9.17) is 11.6 Å². The summed E-state index contributed by atoms with van der Waals surface area (Å²) in [6, 6.07) is 3.41. The highest BCUT2D eigenvalue weighted by atomic mass is 35.5. The van der Waals surface area contributed by atoms with Crippen molar-refractivity contribution in [3.05, 3.63) is 34.2 Å². The maximum atomic E-state index is 11.5. The van der Waals surface area contributed by atoms with Gasteiger partial charge in [0.25, 0.3) is 10.8 Å². The van der Waals surface area contributed by atoms with Crippen LogP contribution in [0.1, 0.15) is 29.2 Å². The molecule has 0 unspecified atom stereocenters. The van der Waals surface area contributed by atoms with Gasteiger partial charge in [-0.05, 0) is 36.6 Å². The molecule has 4 heteroatoms. The lowest BCUT2D eigenvalue weighted by atomic mass is 10.3. The van der Waals surface area contributed by atoms with E-state index in [2.05, 4.69) is 0 Å². The van der Waals surface area contributed by atoms with E-state index in [-0.39, 0.29) is 17.2 Å². The molecule has 0 saturated heterocycles. The van der Waals surface area contributed by atoms with Crippen LogP contribution in [0.2, 0.25) is 0 Å². The molecule has 0 atom stereocenters. The molecule has 0 N–H and O–H groups in total. The largest absolute Gasteiger partial charge is 0.312 e. The molecule has 0 radical (unpaired) electrons. The van der Waals surface area contributed by atoms with Crippen molar-refractivity contribution in [1.29, 1.82) is 0 Å². The van der Waals surface area contributed by atoms with E-state index in [0.29, 0.717) is 0 Å². The summed E-state index contributed by atoms with van der Waals surface area (Å²) in [5, 5.41) is -0.681. The Hall–Kier alpha value is -1.09. The van der Waals surface area contributed by atoms with Crippen LogP contribution in [0.5, 0.6) is 0 Å². The highest BCUT2D eigenvalue weighted by molar-refractivity contribution is 6.67. The summed E-state index contributed by atoms with van der Waals surface area (Å²) >= 11 is 5.25. The maximum Gasteiger partial charge on any atom is 0.262 e. The first-order chi connectivity index (χ1) is 6.20. The molecule has 0 amide bonds. The minimum Gasteiger partial charge on any atom is -0.312 e. The summed E-state index contributed by atoms with van der Waals surface area (Å²) in [6.07, 6.45) is 3.73. The Morgan fingerprint density at radius 2 is 2.23 bits per heavy atom. The van der Waals surface area contributed by atoms with E-state index in [1.54, 1.807) is 16.8 Å². The Bertz CT molecular complexity index is 406. The average Bonchev–Trinajstić information content (AvgIpc) is 2.87. The van der Waals surface area contributed by atoms with Gasteiger partial charge < -0.3 is 4.57 Å². The Kier molecular flexibility index (Phi) is 1.96. The summed E-state index contributed by atoms with van der Waals surface area (Å²) in [5.41, 5.74) is -0.207. The molecular formula is C9H8ClNO2. The van der Waals surface area contributed by atoms with Crippen LogP contribution in [0.25, 0.3) is 0 Å². The van der Waals surface area contributed by atoms with Gasteiger partial charge in [-0.3, -0.25) is 9.59 Å². The Labute approximate surface area is 79.9 Å². The number of aromatic nitrogens is 1. The van der Waals surface area contributed by atoms with Crippen LogP contribution in [-0.4, -0.2) is 9.81 Å². The van der Waals surface area contributed by atoms with Gasteiger partial charge in [-0.1, -0.05) is 0 Å². The molecule has 0 bridgehead atoms. The summed E-state index contributed by atoms with van der Waals surface area (Å²) in [7, 11) is 0. The predicted octanol–water partition coefficient (Wildman–Crippen LogP) is 1.56. The highest BCUT2D eigenvalue weighted by Crippen LogP contribution is 2.33. The molecule has 2 rings (SSSR count). The maximum absolute atomic E-state index is 11.5. The number of halogens is 1. The number of hydrogen-bond donors (Lipinski definition) is 0. The van der Waals surface area contributed by atoms with Gasteiger partial charge in [-0.15, -0.1) is 0 Å². The van der Waals surface area contributed by atoms with Gasteiger partial charge in [0.05, 0.1) is 5.56 Å². The van der Waals surface area contributed by atoms with Crippen molar-refractivity contribution in [2.75, 3.05) is 0 Å². The van der Waals surface area contributed by atoms with Crippen LogP contribution in [0.3, 0.4) is 0 Å². The second-order valence-corrected chi connectivity index (χ2v) is 3.48. The van der Waals surface area contributed by atoms with Crippen molar-refractivity contribution in [3.8, 4) is 0 Å². The molecule has 0 aromatic carbocycles. The lowest BCUT2D eigenvalue weighted by Gasteiger charge is -2.02. The SMILES string of the molecule is O=C(Cl)c1cccn(C2CC2)c1=O. The van der Waals surface area contributed by atoms with Crippen LogP contribution < -0.4 is 5.56 Å². The van der Waals surface area contributed by atoms with Crippen LogP contribution in [-0.2, 0) is 0 Å². The standard InChI is InChI=1S/C9H8ClNO2/c10-8(12)7-2-1-5-11(9(7)13)6-3-4-6/h1-2,5-6H,3-4H2. The predicted molar refractivity (Wildman–Crippen MR) is 49.2 cm³/mol. The quantitative estimate of drug-likeness (QED) is 0.675. The summed E-state index contributed by atoms with van der Waals surface area (Å²) in [5.74, 6) is 0. The van der Waals surface area contributed by atoms with Crippen LogP contribution in [0, 0.1) is 0 Å². The van der Waals surface area contributed by atoms with E-state index in [0.717, 1.165) is 12.8 Å². The fourth-order valence-electron chi connectivity index (χ4n) is 1.30. The first kappa shape index (κ1) is 8.51. The zero-order chi connectivity index (χ0) is 9.42. The van der Waals surface area contributed by atoms with Crippen molar-refractivity contribution in [3.63, 3.8) is 0 Å². The van der Waals surface area contributed by atoms with Crippen LogP contribution in [0.15, 0.2) is 23.1 Å². The van der Waals surface area contributed by atoms with Gasteiger partial charge in [0.2, 0.25) is 0 Å². The zero-order valence-corrected chi connectivity index (χ0v) is 7.62. The molecule has 1 heterocycles. The Balaban J connectivity index is 2.54. The number of rotatable bonds is 2. The molecule has 3 nitrogen and oxygen atoms in total. The van der Waals surface area contributed by atoms with Gasteiger partial charge in [-0.25, -0.2) is 0 Å². The lowest BCUT2D eigenvalue weighted by Crippen LogP contribution is -2.23. The Morgan fingerprint density at radius 3 is 2.77 bits per heavy atom. The lowest BCUT2D eigenvalue weighted by molar-refractivity contribution is 0.107. The molecule has 1 aromatic heterocycles. The number of carbonyl (C=O) groups excluding carboxylic acids is 1. The second kappa shape index (κ2) is 3.00. The molecule has 1 aliphatic carbocycles. The van der Waals surface area contributed by atoms with Crippen LogP contribution in [0.4, 0.5) is 0 Å². The molecule has 1 aromatic rings. The van der Waals surface area contributed by atoms with Crippen molar-refractivity contribution >= 4 is 16.8 Å². The summed E-state index contributed by atoms with van der Waals surface area (Å²) in [6.45, 7) is 0. The average molecular weight is 198 g/mol. The fraction of sp³-hybridized carbons (Fsp3) is 0.333. The normalized spacial score (nSPS) is 15.8. The smallest absolute Gasteiger partial charge is 0.262 e. The van der Waals surface area contributed by atoms with Gasteiger partial charge in [-0.2, -0.15) is 0 Å². The summed E-state index contributed by atoms with van der Waals surface area (Å²) in [4.78, 5) is 22.4. The van der Waals surface area contributed by atoms with Crippen molar-refractivity contribution in [2.24, 2.45) is 0 Å². The number of hydrogen-bond acceptors (Lipinski definition) is 2. The molecule has 1 fully saturated rings. The molecule has 1 saturated carbocycles. The molecule has 0 spiro atoms. The first-order valence-corrected chi connectivity index (χ1v) is 4.49. The first-order valence-electron chi connectivity index (χ1n) is 4.11. The monoisotopic (exact) mass is 197 g/mol. The molecule has 13 heavy (non-hydrogen) atoms. The van der Waals surface area contributed by atoms with E-state index in [9.17, 15) is 9.59 Å². The minimum atomic E-state index is -0.681. The van der Waals surface area contributed by atoms with Gasteiger partial charge in [0.1, 0.15) is 0 Å². The molecule has 1 aliphatic rings. The van der Waals surface area contributed by atoms with Crippen LogP contribution >= 0.6 is 11.6 Å². The van der Waals surface area contributed by atoms with Crippen molar-refractivity contribution in [2.45, 2.75) is 18.9 Å². The van der Waals surface area contributed by atoms with Crippen molar-refractivity contribution in [1.82, 2.24) is 4.57 Å². The van der Waals surface area contributed by atoms with Gasteiger partial charge in [0.15, 0.2) is 0 Å². The fourth-order valence-corrected chi connectivity index (χ4v) is 1.44. The highest BCUT2D eigenvalue weighted by Gasteiger charge is 2.25. The third kappa shape index (κ3) is 1.52. The van der Waals surface area contributed by atoms with Gasteiger partial charge >= 0.3 is 0 Å². The third-order valence-corrected chi connectivity index (χ3v) is 2.33. The van der Waals surface area contributed by atoms with E-state index in [1.165, 1.54) is 6.07 Å². The zero-order valence-electron chi connectivity index (χ0n) is 6.87.